The van der Waals surface area contributed by atoms with E-state index in [0.29, 0.717) is 0 Å². The molecule has 0 bridgehead atoms. The Kier molecular flexibility index (Phi) is 10.2. The van der Waals surface area contributed by atoms with Crippen LogP contribution >= 0.6 is 11.6 Å². The minimum atomic E-state index is -1.24. The van der Waals surface area contributed by atoms with E-state index >= 15 is 0 Å². The summed E-state index contributed by atoms with van der Waals surface area (Å²) in [6.45, 7) is 13.5. The van der Waals surface area contributed by atoms with Crippen molar-refractivity contribution >= 4 is 19.7 Å². The molecule has 0 nitrogen and oxygen atoms in total. The van der Waals surface area contributed by atoms with Crippen molar-refractivity contribution in [2.45, 2.75) is 89.7 Å². The van der Waals surface area contributed by atoms with Crippen LogP contribution in [-0.4, -0.2) is 13.5 Å². The van der Waals surface area contributed by atoms with Crippen molar-refractivity contribution in [3.8, 4) is 0 Å². The molecule has 1 atom stereocenters. The summed E-state index contributed by atoms with van der Waals surface area (Å²) in [5.41, 5.74) is 0. The van der Waals surface area contributed by atoms with Gasteiger partial charge in [-0.2, -0.15) is 0 Å². The maximum absolute atomic E-state index is 6.43. The Morgan fingerprint density at radius 1 is 0.944 bits per heavy atom. The highest BCUT2D eigenvalue weighted by Gasteiger charge is 2.23. The Morgan fingerprint density at radius 2 is 1.39 bits per heavy atom. The van der Waals surface area contributed by atoms with Gasteiger partial charge in [0, 0.05) is 0 Å². The number of rotatable bonds is 11. The molecule has 0 radical (unpaired) electrons. The van der Waals surface area contributed by atoms with Crippen LogP contribution < -0.4 is 0 Å². The van der Waals surface area contributed by atoms with Crippen LogP contribution in [0.15, 0.2) is 11.8 Å². The molecule has 1 unspecified atom stereocenters. The van der Waals surface area contributed by atoms with Crippen molar-refractivity contribution < 1.29 is 0 Å². The second kappa shape index (κ2) is 10.1. The first-order valence-corrected chi connectivity index (χ1v) is 11.7. The lowest BCUT2D eigenvalue weighted by molar-refractivity contribution is 0.566. The Labute approximate surface area is 121 Å². The highest BCUT2D eigenvalue weighted by atomic mass is 35.5. The van der Waals surface area contributed by atoms with E-state index in [-0.39, 0.29) is 5.38 Å². The smallest absolute Gasteiger partial charge is 0.0735 e. The lowest BCUT2D eigenvalue weighted by Gasteiger charge is -2.24. The third kappa shape index (κ3) is 9.21. The minimum absolute atomic E-state index is 0.219. The Morgan fingerprint density at radius 3 is 1.83 bits per heavy atom. The van der Waals surface area contributed by atoms with Crippen LogP contribution in [0.5, 0.6) is 0 Å². The van der Waals surface area contributed by atoms with Gasteiger partial charge in [-0.05, 0) is 6.42 Å². The topological polar surface area (TPSA) is 0 Å². The van der Waals surface area contributed by atoms with Crippen LogP contribution in [0.2, 0.25) is 19.6 Å². The molecule has 0 aliphatic rings. The number of halogens is 1. The van der Waals surface area contributed by atoms with Gasteiger partial charge in [-0.3, -0.25) is 0 Å². The van der Waals surface area contributed by atoms with E-state index < -0.39 is 8.07 Å². The fourth-order valence-electron chi connectivity index (χ4n) is 2.10. The molecule has 0 saturated carbocycles. The molecule has 0 aliphatic carbocycles. The van der Waals surface area contributed by atoms with Gasteiger partial charge in [-0.15, -0.1) is 18.2 Å². The standard InChI is InChI=1S/C16H33ClSi/c1-6-7-8-9-10-11-12-13-14-16(17)15(2)18(3,4)5/h16H,2,6-14H2,1,3-5H3. The molecule has 0 heterocycles. The summed E-state index contributed by atoms with van der Waals surface area (Å²) < 4.78 is 0. The summed E-state index contributed by atoms with van der Waals surface area (Å²) in [7, 11) is -1.24. The first-order valence-electron chi connectivity index (χ1n) is 7.73. The van der Waals surface area contributed by atoms with Gasteiger partial charge >= 0.3 is 0 Å². The number of hydrogen-bond donors (Lipinski definition) is 0. The maximum Gasteiger partial charge on any atom is 0.0735 e. The predicted octanol–water partition coefficient (Wildman–Crippen LogP) is 6.56. The largest absolute Gasteiger partial charge is 0.119 e. The quantitative estimate of drug-likeness (QED) is 0.229. The summed E-state index contributed by atoms with van der Waals surface area (Å²) in [5, 5.41) is 1.55. The zero-order chi connectivity index (χ0) is 14.0. The summed E-state index contributed by atoms with van der Waals surface area (Å²) >= 11 is 6.43. The van der Waals surface area contributed by atoms with E-state index in [1.165, 1.54) is 56.6 Å². The predicted molar refractivity (Wildman–Crippen MR) is 89.4 cm³/mol. The van der Waals surface area contributed by atoms with E-state index in [1.54, 1.807) is 0 Å². The molecule has 2 heteroatoms. The average Bonchev–Trinajstić information content (AvgIpc) is 2.30. The first kappa shape index (κ1) is 18.2. The maximum atomic E-state index is 6.43. The van der Waals surface area contributed by atoms with Crippen molar-refractivity contribution in [3.05, 3.63) is 11.8 Å². The van der Waals surface area contributed by atoms with E-state index in [2.05, 4.69) is 33.1 Å². The van der Waals surface area contributed by atoms with Gasteiger partial charge < -0.3 is 0 Å². The fraction of sp³-hybridized carbons (Fsp3) is 0.875. The van der Waals surface area contributed by atoms with Gasteiger partial charge in [0.1, 0.15) is 0 Å². The molecule has 0 spiro atoms. The number of hydrogen-bond acceptors (Lipinski definition) is 0. The molecule has 0 amide bonds. The molecule has 0 saturated heterocycles. The van der Waals surface area contributed by atoms with Crippen molar-refractivity contribution in [1.82, 2.24) is 0 Å². The third-order valence-electron chi connectivity index (χ3n) is 3.65. The molecule has 0 aromatic heterocycles. The highest BCUT2D eigenvalue weighted by Crippen LogP contribution is 2.24. The van der Waals surface area contributed by atoms with E-state index in [1.807, 2.05) is 0 Å². The van der Waals surface area contributed by atoms with Gasteiger partial charge in [-0.25, -0.2) is 0 Å². The van der Waals surface area contributed by atoms with E-state index in [4.69, 9.17) is 11.6 Å². The monoisotopic (exact) mass is 288 g/mol. The molecule has 0 aromatic carbocycles. The summed E-state index contributed by atoms with van der Waals surface area (Å²) in [6, 6.07) is 0. The minimum Gasteiger partial charge on any atom is -0.119 e. The SMILES string of the molecule is C=C(C(Cl)CCCCCCCCCC)[Si](C)(C)C. The molecular weight excluding hydrogens is 256 g/mol. The van der Waals surface area contributed by atoms with Crippen molar-refractivity contribution in [2.75, 3.05) is 0 Å². The van der Waals surface area contributed by atoms with Crippen LogP contribution in [0.1, 0.15) is 64.7 Å². The van der Waals surface area contributed by atoms with Crippen molar-refractivity contribution in [2.24, 2.45) is 0 Å². The van der Waals surface area contributed by atoms with Gasteiger partial charge in [0.2, 0.25) is 0 Å². The highest BCUT2D eigenvalue weighted by molar-refractivity contribution is 6.84. The lowest BCUT2D eigenvalue weighted by Crippen LogP contribution is -2.28. The Hall–Kier alpha value is 0.247. The Balaban J connectivity index is 3.46. The first-order chi connectivity index (χ1) is 8.39. The van der Waals surface area contributed by atoms with Crippen LogP contribution in [0.4, 0.5) is 0 Å². The molecule has 0 fully saturated rings. The van der Waals surface area contributed by atoms with Gasteiger partial charge in [0.25, 0.3) is 0 Å². The molecule has 108 valence electrons. The van der Waals surface area contributed by atoms with Crippen molar-refractivity contribution in [1.29, 1.82) is 0 Å². The van der Waals surface area contributed by atoms with Gasteiger partial charge in [-0.1, -0.05) is 83.1 Å². The molecule has 0 aliphatic heterocycles. The molecular formula is C16H33ClSi. The van der Waals surface area contributed by atoms with E-state index in [9.17, 15) is 0 Å². The summed E-state index contributed by atoms with van der Waals surface area (Å²) in [4.78, 5) is 0. The second-order valence-corrected chi connectivity index (χ2v) is 12.2. The number of alkyl halides is 1. The van der Waals surface area contributed by atoms with Crippen LogP contribution in [-0.2, 0) is 0 Å². The number of allylic oxidation sites excluding steroid dienone is 1. The third-order valence-corrected chi connectivity index (χ3v) is 6.59. The zero-order valence-corrected chi connectivity index (χ0v) is 14.8. The normalized spacial score (nSPS) is 13.6. The summed E-state index contributed by atoms with van der Waals surface area (Å²) in [6.07, 6.45) is 12.1. The van der Waals surface area contributed by atoms with Gasteiger partial charge in [0.05, 0.1) is 13.5 Å². The van der Waals surface area contributed by atoms with E-state index in [0.717, 1.165) is 6.42 Å². The molecule has 18 heavy (non-hydrogen) atoms. The molecule has 0 rings (SSSR count). The second-order valence-electron chi connectivity index (χ2n) is 6.51. The fourth-order valence-corrected chi connectivity index (χ4v) is 4.32. The Bertz CT molecular complexity index is 218. The number of unbranched alkanes of at least 4 members (excludes halogenated alkanes) is 7. The zero-order valence-electron chi connectivity index (χ0n) is 13.0. The van der Waals surface area contributed by atoms with Gasteiger partial charge in [0.15, 0.2) is 0 Å². The lowest BCUT2D eigenvalue weighted by atomic mass is 10.1. The summed E-state index contributed by atoms with van der Waals surface area (Å²) in [5.74, 6) is 0. The van der Waals surface area contributed by atoms with Crippen LogP contribution in [0.25, 0.3) is 0 Å². The van der Waals surface area contributed by atoms with Crippen LogP contribution in [0.3, 0.4) is 0 Å². The van der Waals surface area contributed by atoms with Crippen LogP contribution in [0, 0.1) is 0 Å². The molecule has 0 aromatic rings. The van der Waals surface area contributed by atoms with Crippen molar-refractivity contribution in [3.63, 3.8) is 0 Å². The molecule has 0 N–H and O–H groups in total. The average molecular weight is 289 g/mol.